The van der Waals surface area contributed by atoms with Gasteiger partial charge in [0.2, 0.25) is 0 Å². The molecular weight excluding hydrogens is 305 g/mol. The second-order valence-corrected chi connectivity index (χ2v) is 3.96. The summed E-state index contributed by atoms with van der Waals surface area (Å²) in [6.45, 7) is 0. The number of phenolic OH excluding ortho intramolecular Hbond substituents is 1. The summed E-state index contributed by atoms with van der Waals surface area (Å²) >= 11 is 0. The highest BCUT2D eigenvalue weighted by atomic mass is 19.4. The first-order valence-corrected chi connectivity index (χ1v) is 5.65. The number of amidine groups is 1. The fourth-order valence-electron chi connectivity index (χ4n) is 1.43. The molecule has 1 aromatic rings. The zero-order valence-corrected chi connectivity index (χ0v) is 10.9. The minimum atomic E-state index is -4.71. The number of allylic oxidation sites excluding steroid dienone is 2. The summed E-state index contributed by atoms with van der Waals surface area (Å²) in [6.07, 6.45) is -2.29. The Morgan fingerprint density at radius 1 is 1.27 bits per heavy atom. The SMILES string of the molecule is NC(=Nc1cc(O)cc(C(F)(F)F)c1)C(=CC=CO)C(=O)O. The van der Waals surface area contributed by atoms with Gasteiger partial charge in [-0.25, -0.2) is 9.79 Å². The van der Waals surface area contributed by atoms with Crippen molar-refractivity contribution in [2.24, 2.45) is 10.7 Å². The number of hydrogen-bond acceptors (Lipinski definition) is 4. The van der Waals surface area contributed by atoms with Crippen molar-refractivity contribution < 1.29 is 33.3 Å². The number of phenols is 1. The number of rotatable bonds is 4. The van der Waals surface area contributed by atoms with Crippen molar-refractivity contribution in [3.8, 4) is 5.75 Å². The lowest BCUT2D eigenvalue weighted by molar-refractivity contribution is -0.137. The maximum atomic E-state index is 12.6. The first kappa shape index (κ1) is 17.1. The molecule has 0 saturated heterocycles. The molecule has 22 heavy (non-hydrogen) atoms. The third kappa shape index (κ3) is 4.54. The summed E-state index contributed by atoms with van der Waals surface area (Å²) in [5, 5.41) is 26.7. The molecule has 9 heteroatoms. The molecule has 0 amide bonds. The van der Waals surface area contributed by atoms with Gasteiger partial charge in [-0.3, -0.25) is 0 Å². The van der Waals surface area contributed by atoms with Gasteiger partial charge in [0, 0.05) is 6.07 Å². The molecule has 1 rings (SSSR count). The van der Waals surface area contributed by atoms with Gasteiger partial charge < -0.3 is 21.1 Å². The van der Waals surface area contributed by atoms with Gasteiger partial charge in [0.15, 0.2) is 0 Å². The molecule has 0 saturated carbocycles. The van der Waals surface area contributed by atoms with Gasteiger partial charge >= 0.3 is 12.1 Å². The number of aliphatic hydroxyl groups excluding tert-OH is 1. The second-order valence-electron chi connectivity index (χ2n) is 3.96. The lowest BCUT2D eigenvalue weighted by Crippen LogP contribution is -2.20. The monoisotopic (exact) mass is 316 g/mol. The number of carboxylic acid groups (broad SMARTS) is 1. The molecule has 118 valence electrons. The van der Waals surface area contributed by atoms with Crippen LogP contribution in [0.4, 0.5) is 18.9 Å². The van der Waals surface area contributed by atoms with Crippen LogP contribution in [0.2, 0.25) is 0 Å². The summed E-state index contributed by atoms with van der Waals surface area (Å²) < 4.78 is 37.8. The zero-order valence-electron chi connectivity index (χ0n) is 10.9. The number of hydrogen-bond donors (Lipinski definition) is 4. The van der Waals surface area contributed by atoms with E-state index in [2.05, 4.69) is 4.99 Å². The Morgan fingerprint density at radius 2 is 1.91 bits per heavy atom. The maximum Gasteiger partial charge on any atom is 0.416 e. The van der Waals surface area contributed by atoms with Gasteiger partial charge in [-0.15, -0.1) is 0 Å². The van der Waals surface area contributed by atoms with Crippen molar-refractivity contribution in [1.29, 1.82) is 0 Å². The van der Waals surface area contributed by atoms with E-state index in [0.29, 0.717) is 18.4 Å². The molecule has 0 aliphatic rings. The molecule has 0 spiro atoms. The highest BCUT2D eigenvalue weighted by Crippen LogP contribution is 2.34. The van der Waals surface area contributed by atoms with Crippen molar-refractivity contribution in [3.05, 3.63) is 47.7 Å². The van der Waals surface area contributed by atoms with Crippen molar-refractivity contribution >= 4 is 17.5 Å². The maximum absolute atomic E-state index is 12.6. The topological polar surface area (TPSA) is 116 Å². The Hall–Kier alpha value is -2.97. The fraction of sp³-hybridized carbons (Fsp3) is 0.0769. The standard InChI is InChI=1S/C13H11F3N2O4/c14-13(15,16)7-4-8(6-9(20)5-7)18-11(17)10(12(21)22)2-1-3-19/h1-6,19-20H,(H2,17,18)(H,21,22). The van der Waals surface area contributed by atoms with E-state index in [1.54, 1.807) is 0 Å². The van der Waals surface area contributed by atoms with E-state index >= 15 is 0 Å². The normalized spacial score (nSPS) is 13.6. The predicted octanol–water partition coefficient (Wildman–Crippen LogP) is 2.48. The van der Waals surface area contributed by atoms with Gasteiger partial charge in [-0.05, 0) is 24.3 Å². The minimum Gasteiger partial charge on any atom is -0.516 e. The predicted molar refractivity (Wildman–Crippen MR) is 71.9 cm³/mol. The summed E-state index contributed by atoms with van der Waals surface area (Å²) in [4.78, 5) is 14.5. The molecular formula is C13H11F3N2O4. The van der Waals surface area contributed by atoms with Crippen LogP contribution in [0.5, 0.6) is 5.75 Å². The van der Waals surface area contributed by atoms with E-state index in [9.17, 15) is 23.1 Å². The highest BCUT2D eigenvalue weighted by molar-refractivity contribution is 6.18. The summed E-state index contributed by atoms with van der Waals surface area (Å²) in [6, 6.07) is 2.00. The largest absolute Gasteiger partial charge is 0.516 e. The van der Waals surface area contributed by atoms with Gasteiger partial charge in [0.05, 0.1) is 17.5 Å². The lowest BCUT2D eigenvalue weighted by Gasteiger charge is -2.08. The van der Waals surface area contributed by atoms with Crippen LogP contribution < -0.4 is 5.73 Å². The van der Waals surface area contributed by atoms with E-state index in [-0.39, 0.29) is 5.69 Å². The number of aliphatic carboxylic acids is 1. The van der Waals surface area contributed by atoms with Gasteiger partial charge in [0.1, 0.15) is 17.2 Å². The first-order chi connectivity index (χ1) is 10.1. The molecule has 0 radical (unpaired) electrons. The van der Waals surface area contributed by atoms with Crippen LogP contribution in [0.1, 0.15) is 5.56 Å². The molecule has 5 N–H and O–H groups in total. The van der Waals surface area contributed by atoms with Crippen molar-refractivity contribution in [2.45, 2.75) is 6.18 Å². The Kier molecular flexibility index (Phi) is 5.17. The zero-order chi connectivity index (χ0) is 16.9. The van der Waals surface area contributed by atoms with Crippen LogP contribution in [0, 0.1) is 0 Å². The van der Waals surface area contributed by atoms with Gasteiger partial charge in [-0.1, -0.05) is 0 Å². The number of aromatic hydroxyl groups is 1. The Bertz CT molecular complexity index is 664. The summed E-state index contributed by atoms with van der Waals surface area (Å²) in [7, 11) is 0. The number of carbonyl (C=O) groups is 1. The third-order valence-corrected chi connectivity index (χ3v) is 2.33. The Labute approximate surface area is 122 Å². The van der Waals surface area contributed by atoms with Crippen LogP contribution >= 0.6 is 0 Å². The number of aliphatic imine (C=N–C) groups is 1. The Morgan fingerprint density at radius 3 is 2.41 bits per heavy atom. The molecule has 0 atom stereocenters. The second kappa shape index (κ2) is 6.66. The fourth-order valence-corrected chi connectivity index (χ4v) is 1.43. The molecule has 0 bridgehead atoms. The molecule has 0 aliphatic carbocycles. The number of nitrogens with zero attached hydrogens (tertiary/aromatic N) is 1. The average molecular weight is 316 g/mol. The summed E-state index contributed by atoms with van der Waals surface area (Å²) in [5.74, 6) is -2.78. The highest BCUT2D eigenvalue weighted by Gasteiger charge is 2.31. The Balaban J connectivity index is 3.31. The van der Waals surface area contributed by atoms with E-state index in [4.69, 9.17) is 15.9 Å². The van der Waals surface area contributed by atoms with E-state index in [1.165, 1.54) is 0 Å². The number of nitrogens with two attached hydrogens (primary N) is 1. The number of halogens is 3. The van der Waals surface area contributed by atoms with Crippen LogP contribution in [0.25, 0.3) is 0 Å². The smallest absolute Gasteiger partial charge is 0.416 e. The van der Waals surface area contributed by atoms with Gasteiger partial charge in [-0.2, -0.15) is 13.2 Å². The first-order valence-electron chi connectivity index (χ1n) is 5.65. The average Bonchev–Trinajstić information content (AvgIpc) is 2.36. The van der Waals surface area contributed by atoms with E-state index < -0.39 is 34.9 Å². The molecule has 0 aliphatic heterocycles. The molecule has 6 nitrogen and oxygen atoms in total. The van der Waals surface area contributed by atoms with E-state index in [1.807, 2.05) is 0 Å². The number of carboxylic acids is 1. The third-order valence-electron chi connectivity index (χ3n) is 2.33. The molecule has 0 aromatic heterocycles. The molecule has 0 fully saturated rings. The van der Waals surface area contributed by atoms with Crippen LogP contribution in [-0.2, 0) is 11.0 Å². The van der Waals surface area contributed by atoms with Crippen molar-refractivity contribution in [3.63, 3.8) is 0 Å². The molecule has 1 aromatic carbocycles. The van der Waals surface area contributed by atoms with Gasteiger partial charge in [0.25, 0.3) is 0 Å². The number of benzene rings is 1. The van der Waals surface area contributed by atoms with Crippen LogP contribution in [0.3, 0.4) is 0 Å². The molecule has 0 unspecified atom stereocenters. The van der Waals surface area contributed by atoms with Crippen molar-refractivity contribution in [1.82, 2.24) is 0 Å². The summed E-state index contributed by atoms with van der Waals surface area (Å²) in [5.41, 5.74) is 3.36. The quantitative estimate of drug-likeness (QED) is 0.224. The van der Waals surface area contributed by atoms with E-state index in [0.717, 1.165) is 18.2 Å². The minimum absolute atomic E-state index is 0.370. The lowest BCUT2D eigenvalue weighted by atomic mass is 10.1. The van der Waals surface area contributed by atoms with Crippen LogP contribution in [-0.4, -0.2) is 27.1 Å². The van der Waals surface area contributed by atoms with Crippen molar-refractivity contribution in [2.75, 3.05) is 0 Å². The number of alkyl halides is 3. The molecule has 0 heterocycles. The van der Waals surface area contributed by atoms with Crippen LogP contribution in [0.15, 0.2) is 47.2 Å². The number of aliphatic hydroxyl groups is 1.